The Labute approximate surface area is 117 Å². The summed E-state index contributed by atoms with van der Waals surface area (Å²) in [5.41, 5.74) is 0.879. The molecule has 0 aliphatic rings. The lowest BCUT2D eigenvalue weighted by Crippen LogP contribution is -2.15. The van der Waals surface area contributed by atoms with Crippen LogP contribution in [0, 0.1) is 0 Å². The minimum Gasteiger partial charge on any atom is -0.478 e. The quantitative estimate of drug-likeness (QED) is 0.906. The smallest absolute Gasteiger partial charge is 0.335 e. The van der Waals surface area contributed by atoms with E-state index >= 15 is 0 Å². The van der Waals surface area contributed by atoms with E-state index in [-0.39, 0.29) is 11.5 Å². The molecule has 2 rings (SSSR count). The largest absolute Gasteiger partial charge is 0.478 e. The lowest BCUT2D eigenvalue weighted by Gasteiger charge is -2.07. The Balaban J connectivity index is 2.26. The van der Waals surface area contributed by atoms with Crippen molar-refractivity contribution in [1.29, 1.82) is 0 Å². The molecule has 0 aliphatic heterocycles. The minimum atomic E-state index is -1.06. The number of nitrogens with zero attached hydrogens (tertiary/aromatic N) is 2. The number of carbonyl (C=O) groups is 2. The number of rotatable bonds is 3. The molecule has 2 N–H and O–H groups in total. The molecule has 98 valence electrons. The molecular weight excluding hydrogens is 314 g/mol. The number of aryl methyl sites for hydroxylation is 1. The molecule has 2 aromatic rings. The van der Waals surface area contributed by atoms with Gasteiger partial charge in [0.05, 0.1) is 18.1 Å². The van der Waals surface area contributed by atoms with E-state index in [4.69, 9.17) is 5.11 Å². The molecule has 0 saturated heterocycles. The highest BCUT2D eigenvalue weighted by atomic mass is 79.9. The number of hydrogen-bond acceptors (Lipinski definition) is 3. The zero-order valence-electron chi connectivity index (χ0n) is 9.92. The number of amides is 1. The Bertz CT molecular complexity index is 651. The summed E-state index contributed by atoms with van der Waals surface area (Å²) in [6.07, 6.45) is 2.95. The van der Waals surface area contributed by atoms with Crippen LogP contribution in [0.15, 0.2) is 35.2 Å². The molecular formula is C12H10BrN3O3. The second-order valence-electron chi connectivity index (χ2n) is 3.88. The van der Waals surface area contributed by atoms with Crippen molar-refractivity contribution in [3.63, 3.8) is 0 Å². The second kappa shape index (κ2) is 5.23. The van der Waals surface area contributed by atoms with Crippen molar-refractivity contribution in [2.45, 2.75) is 0 Å². The Hall–Kier alpha value is -2.15. The molecule has 0 bridgehead atoms. The van der Waals surface area contributed by atoms with Gasteiger partial charge in [0.1, 0.15) is 5.69 Å². The Morgan fingerprint density at radius 2 is 2.11 bits per heavy atom. The van der Waals surface area contributed by atoms with Crippen LogP contribution in [-0.4, -0.2) is 26.5 Å². The van der Waals surface area contributed by atoms with Crippen molar-refractivity contribution < 1.29 is 14.7 Å². The standard InChI is InChI=1S/C12H10BrN3O3/c1-16-6-14-5-10(16)11(17)15-9-3-7(12(18)19)2-8(13)4-9/h2-6H,1H3,(H,15,17)(H,18,19). The highest BCUT2D eigenvalue weighted by Gasteiger charge is 2.12. The third-order valence-corrected chi connectivity index (χ3v) is 2.91. The van der Waals surface area contributed by atoms with Crippen molar-refractivity contribution in [3.05, 3.63) is 46.5 Å². The van der Waals surface area contributed by atoms with E-state index in [1.807, 2.05) is 0 Å². The number of hydrogen-bond donors (Lipinski definition) is 2. The van der Waals surface area contributed by atoms with Crippen LogP contribution in [0.2, 0.25) is 0 Å². The fraction of sp³-hybridized carbons (Fsp3) is 0.0833. The van der Waals surface area contributed by atoms with Crippen LogP contribution in [0.5, 0.6) is 0 Å². The molecule has 1 aromatic heterocycles. The number of anilines is 1. The first-order chi connectivity index (χ1) is 8.97. The van der Waals surface area contributed by atoms with Crippen LogP contribution in [0.3, 0.4) is 0 Å². The van der Waals surface area contributed by atoms with Crippen molar-refractivity contribution in [1.82, 2.24) is 9.55 Å². The van der Waals surface area contributed by atoms with E-state index in [0.717, 1.165) is 0 Å². The zero-order chi connectivity index (χ0) is 14.0. The molecule has 1 amide bonds. The van der Waals surface area contributed by atoms with E-state index in [1.54, 1.807) is 17.7 Å². The first-order valence-electron chi connectivity index (χ1n) is 5.29. The van der Waals surface area contributed by atoms with Gasteiger partial charge in [0.2, 0.25) is 0 Å². The lowest BCUT2D eigenvalue weighted by atomic mass is 10.2. The first kappa shape index (κ1) is 13.3. The number of nitrogens with one attached hydrogen (secondary N) is 1. The third kappa shape index (κ3) is 3.00. The number of carbonyl (C=O) groups excluding carboxylic acids is 1. The van der Waals surface area contributed by atoms with Crippen molar-refractivity contribution in [2.24, 2.45) is 7.05 Å². The van der Waals surface area contributed by atoms with Gasteiger partial charge in [0, 0.05) is 17.2 Å². The number of halogens is 1. The number of benzene rings is 1. The monoisotopic (exact) mass is 323 g/mol. The SMILES string of the molecule is Cn1cncc1C(=O)Nc1cc(Br)cc(C(=O)O)c1. The predicted molar refractivity (Wildman–Crippen MR) is 72.3 cm³/mol. The zero-order valence-corrected chi connectivity index (χ0v) is 11.5. The van der Waals surface area contributed by atoms with E-state index < -0.39 is 5.97 Å². The van der Waals surface area contributed by atoms with Crippen LogP contribution < -0.4 is 5.32 Å². The molecule has 0 aliphatic carbocycles. The highest BCUT2D eigenvalue weighted by molar-refractivity contribution is 9.10. The second-order valence-corrected chi connectivity index (χ2v) is 4.79. The van der Waals surface area contributed by atoms with E-state index in [2.05, 4.69) is 26.2 Å². The maximum absolute atomic E-state index is 12.0. The summed E-state index contributed by atoms with van der Waals surface area (Å²) in [4.78, 5) is 26.7. The van der Waals surface area contributed by atoms with Crippen LogP contribution in [0.4, 0.5) is 5.69 Å². The minimum absolute atomic E-state index is 0.0923. The summed E-state index contributed by atoms with van der Waals surface area (Å²) < 4.78 is 2.15. The van der Waals surface area contributed by atoms with Gasteiger partial charge < -0.3 is 15.0 Å². The molecule has 7 heteroatoms. The molecule has 6 nitrogen and oxygen atoms in total. The Morgan fingerprint density at radius 1 is 1.37 bits per heavy atom. The molecule has 0 radical (unpaired) electrons. The summed E-state index contributed by atoms with van der Waals surface area (Å²) in [6.45, 7) is 0. The molecule has 1 heterocycles. The first-order valence-corrected chi connectivity index (χ1v) is 6.08. The number of carboxylic acid groups (broad SMARTS) is 1. The summed E-state index contributed by atoms with van der Waals surface area (Å²) >= 11 is 3.20. The molecule has 0 saturated carbocycles. The molecule has 0 atom stereocenters. The van der Waals surface area contributed by atoms with E-state index in [0.29, 0.717) is 15.9 Å². The van der Waals surface area contributed by atoms with Gasteiger partial charge in [0.15, 0.2) is 0 Å². The molecule has 1 aromatic carbocycles. The lowest BCUT2D eigenvalue weighted by molar-refractivity contribution is 0.0696. The normalized spacial score (nSPS) is 10.2. The van der Waals surface area contributed by atoms with Gasteiger partial charge in [-0.1, -0.05) is 15.9 Å². The molecule has 0 spiro atoms. The Morgan fingerprint density at radius 3 is 2.68 bits per heavy atom. The van der Waals surface area contributed by atoms with Crippen LogP contribution >= 0.6 is 15.9 Å². The van der Waals surface area contributed by atoms with Crippen molar-refractivity contribution >= 4 is 33.5 Å². The average Bonchev–Trinajstić information content (AvgIpc) is 2.74. The average molecular weight is 324 g/mol. The molecule has 19 heavy (non-hydrogen) atoms. The van der Waals surface area contributed by atoms with Crippen LogP contribution in [-0.2, 0) is 7.05 Å². The summed E-state index contributed by atoms with van der Waals surface area (Å²) in [5.74, 6) is -1.41. The number of carboxylic acids is 1. The van der Waals surface area contributed by atoms with Gasteiger partial charge in [-0.05, 0) is 18.2 Å². The van der Waals surface area contributed by atoms with Gasteiger partial charge in [-0.2, -0.15) is 0 Å². The van der Waals surface area contributed by atoms with Crippen LogP contribution in [0.1, 0.15) is 20.8 Å². The summed E-state index contributed by atoms with van der Waals surface area (Å²) in [7, 11) is 1.70. The number of aromatic carboxylic acids is 1. The maximum Gasteiger partial charge on any atom is 0.335 e. The fourth-order valence-electron chi connectivity index (χ4n) is 1.56. The van der Waals surface area contributed by atoms with Crippen molar-refractivity contribution in [3.8, 4) is 0 Å². The summed E-state index contributed by atoms with van der Waals surface area (Å²) in [6, 6.07) is 4.48. The van der Waals surface area contributed by atoms with Gasteiger partial charge >= 0.3 is 5.97 Å². The van der Waals surface area contributed by atoms with E-state index in [1.165, 1.54) is 24.7 Å². The van der Waals surface area contributed by atoms with Gasteiger partial charge in [-0.25, -0.2) is 9.78 Å². The van der Waals surface area contributed by atoms with Crippen LogP contribution in [0.25, 0.3) is 0 Å². The topological polar surface area (TPSA) is 84.2 Å². The molecule has 0 fully saturated rings. The van der Waals surface area contributed by atoms with Gasteiger partial charge in [0.25, 0.3) is 5.91 Å². The van der Waals surface area contributed by atoms with Crippen molar-refractivity contribution in [2.75, 3.05) is 5.32 Å². The number of aromatic nitrogens is 2. The van der Waals surface area contributed by atoms with Gasteiger partial charge in [-0.15, -0.1) is 0 Å². The third-order valence-electron chi connectivity index (χ3n) is 2.45. The predicted octanol–water partition coefficient (Wildman–Crippen LogP) is 2.13. The molecule has 0 unspecified atom stereocenters. The highest BCUT2D eigenvalue weighted by Crippen LogP contribution is 2.20. The van der Waals surface area contributed by atoms with Gasteiger partial charge in [-0.3, -0.25) is 4.79 Å². The maximum atomic E-state index is 12.0. The summed E-state index contributed by atoms with van der Waals surface area (Å²) in [5, 5.41) is 11.6. The van der Waals surface area contributed by atoms with E-state index in [9.17, 15) is 9.59 Å². The Kier molecular flexibility index (Phi) is 3.66. The fourth-order valence-corrected chi connectivity index (χ4v) is 2.05. The number of imidazole rings is 1.